The van der Waals surface area contributed by atoms with Crippen LogP contribution in [-0.2, 0) is 16.9 Å². The summed E-state index contributed by atoms with van der Waals surface area (Å²) in [5.41, 5.74) is 1.67. The van der Waals surface area contributed by atoms with Gasteiger partial charge in [0.05, 0.1) is 24.0 Å². The van der Waals surface area contributed by atoms with Crippen molar-refractivity contribution in [2.45, 2.75) is 37.8 Å². The van der Waals surface area contributed by atoms with Crippen molar-refractivity contribution in [2.75, 3.05) is 25.5 Å². The number of likely N-dealkylation sites (tertiary alicyclic amines) is 1. The summed E-state index contributed by atoms with van der Waals surface area (Å²) >= 11 is 0. The smallest absolute Gasteiger partial charge is 0.292 e. The number of nitrogens with one attached hydrogen (secondary N) is 2. The van der Waals surface area contributed by atoms with Gasteiger partial charge in [-0.05, 0) is 58.0 Å². The highest BCUT2D eigenvalue weighted by molar-refractivity contribution is 6.02. The number of carbonyl (C=O) groups is 2. The van der Waals surface area contributed by atoms with Gasteiger partial charge in [0.15, 0.2) is 11.6 Å². The van der Waals surface area contributed by atoms with E-state index in [2.05, 4.69) is 27.5 Å². The first kappa shape index (κ1) is 16.6. The zero-order valence-electron chi connectivity index (χ0n) is 15.3. The van der Waals surface area contributed by atoms with Crippen LogP contribution in [0, 0.1) is 5.92 Å². The number of nitrogens with zero attached hydrogens (tertiary/aromatic N) is 3. The fourth-order valence-electron chi connectivity index (χ4n) is 4.43. The average molecular weight is 369 g/mol. The van der Waals surface area contributed by atoms with E-state index < -0.39 is 0 Å². The summed E-state index contributed by atoms with van der Waals surface area (Å²) in [6.45, 7) is 2.44. The molecule has 2 aliphatic heterocycles. The molecule has 5 rings (SSSR count). The topological polar surface area (TPSA) is 94.5 Å². The molecule has 142 valence electrons. The van der Waals surface area contributed by atoms with Gasteiger partial charge < -0.3 is 19.5 Å². The Morgan fingerprint density at radius 2 is 2.11 bits per heavy atom. The lowest BCUT2D eigenvalue weighted by Gasteiger charge is -2.33. The normalized spacial score (nSPS) is 21.4. The summed E-state index contributed by atoms with van der Waals surface area (Å²) in [4.78, 5) is 29.8. The van der Waals surface area contributed by atoms with E-state index in [-0.39, 0.29) is 29.0 Å². The van der Waals surface area contributed by atoms with Crippen LogP contribution < -0.4 is 5.32 Å². The van der Waals surface area contributed by atoms with Crippen molar-refractivity contribution in [3.8, 4) is 0 Å². The van der Waals surface area contributed by atoms with E-state index >= 15 is 0 Å². The molecule has 8 heteroatoms. The van der Waals surface area contributed by atoms with E-state index in [1.807, 2.05) is 4.90 Å². The van der Waals surface area contributed by atoms with Crippen LogP contribution in [0.1, 0.15) is 47.5 Å². The number of carbonyl (C=O) groups excluding carboxylic acids is 2. The van der Waals surface area contributed by atoms with Crippen LogP contribution in [-0.4, -0.2) is 51.9 Å². The molecule has 4 heterocycles. The molecule has 2 fully saturated rings. The van der Waals surface area contributed by atoms with Gasteiger partial charge in [0.1, 0.15) is 0 Å². The van der Waals surface area contributed by atoms with E-state index in [9.17, 15) is 9.59 Å². The van der Waals surface area contributed by atoms with Gasteiger partial charge in [-0.1, -0.05) is 0 Å². The summed E-state index contributed by atoms with van der Waals surface area (Å²) in [6, 6.07) is 3.28. The Hall–Kier alpha value is -2.61. The third-order valence-corrected chi connectivity index (χ3v) is 6.20. The van der Waals surface area contributed by atoms with Gasteiger partial charge >= 0.3 is 0 Å². The molecule has 2 amide bonds. The first-order chi connectivity index (χ1) is 13.1. The molecule has 0 aromatic carbocycles. The summed E-state index contributed by atoms with van der Waals surface area (Å²) in [5.74, 6) is 0.742. The number of hydrogen-bond acceptors (Lipinski definition) is 5. The van der Waals surface area contributed by atoms with Crippen molar-refractivity contribution < 1.29 is 14.0 Å². The Balaban J connectivity index is 1.36. The Labute approximate surface area is 156 Å². The zero-order chi connectivity index (χ0) is 18.6. The molecule has 0 radical (unpaired) electrons. The second-order valence-corrected chi connectivity index (χ2v) is 7.89. The zero-order valence-corrected chi connectivity index (χ0v) is 15.3. The quantitative estimate of drug-likeness (QED) is 0.862. The number of piperidine rings is 1. The van der Waals surface area contributed by atoms with E-state index in [0.717, 1.165) is 50.0 Å². The maximum atomic E-state index is 13.2. The van der Waals surface area contributed by atoms with Crippen LogP contribution in [0.3, 0.4) is 0 Å². The average Bonchev–Trinajstić information content (AvgIpc) is 3.02. The molecule has 0 bridgehead atoms. The standard InChI is InChI=1S/C19H23N5O3/c1-23-8-4-12(5-9-23)18(26)24-11-13-15(19(24)6-7-19)21-22-16(13)20-17(25)14-3-2-10-27-14/h2-3,10,12H,4-9,11H2,1H3,(H2,20,21,22,25). The van der Waals surface area contributed by atoms with Crippen molar-refractivity contribution in [2.24, 2.45) is 5.92 Å². The Bertz CT molecular complexity index is 875. The highest BCUT2D eigenvalue weighted by Crippen LogP contribution is 2.57. The maximum Gasteiger partial charge on any atom is 0.292 e. The number of H-pyrrole nitrogens is 1. The summed E-state index contributed by atoms with van der Waals surface area (Å²) < 4.78 is 5.15. The van der Waals surface area contributed by atoms with Crippen LogP contribution in [0.25, 0.3) is 0 Å². The predicted molar refractivity (Wildman–Crippen MR) is 96.9 cm³/mol. The summed E-state index contributed by atoms with van der Waals surface area (Å²) in [6.07, 6.45) is 5.19. The number of fused-ring (bicyclic) bond motifs is 2. The summed E-state index contributed by atoms with van der Waals surface area (Å²) in [5, 5.41) is 10.2. The third kappa shape index (κ3) is 2.58. The van der Waals surface area contributed by atoms with Gasteiger partial charge in [0, 0.05) is 11.5 Å². The fraction of sp³-hybridized carbons (Fsp3) is 0.526. The fourth-order valence-corrected chi connectivity index (χ4v) is 4.43. The van der Waals surface area contributed by atoms with E-state index in [1.165, 1.54) is 6.26 Å². The Kier molecular flexibility index (Phi) is 3.65. The molecule has 2 aromatic heterocycles. The molecule has 27 heavy (non-hydrogen) atoms. The van der Waals surface area contributed by atoms with Crippen molar-refractivity contribution in [1.82, 2.24) is 20.0 Å². The monoisotopic (exact) mass is 369 g/mol. The van der Waals surface area contributed by atoms with Gasteiger partial charge in [-0.2, -0.15) is 5.10 Å². The molecule has 1 spiro atoms. The Morgan fingerprint density at radius 1 is 1.33 bits per heavy atom. The van der Waals surface area contributed by atoms with Crippen LogP contribution in [0.2, 0.25) is 0 Å². The molecule has 0 unspecified atom stereocenters. The SMILES string of the molecule is CN1CCC(C(=O)N2Cc3c(NC(=O)c4ccco4)n[nH]c3C23CC3)CC1. The minimum Gasteiger partial charge on any atom is -0.459 e. The van der Waals surface area contributed by atoms with Gasteiger partial charge in [0.2, 0.25) is 5.91 Å². The van der Waals surface area contributed by atoms with Crippen LogP contribution >= 0.6 is 0 Å². The molecule has 1 saturated heterocycles. The molecule has 1 aliphatic carbocycles. The van der Waals surface area contributed by atoms with Crippen molar-refractivity contribution >= 4 is 17.6 Å². The first-order valence-corrected chi connectivity index (χ1v) is 9.51. The van der Waals surface area contributed by atoms with Gasteiger partial charge in [-0.25, -0.2) is 0 Å². The number of aromatic amines is 1. The third-order valence-electron chi connectivity index (χ3n) is 6.20. The number of amides is 2. The van der Waals surface area contributed by atoms with Crippen LogP contribution in [0.5, 0.6) is 0 Å². The molecule has 3 aliphatic rings. The molecule has 2 N–H and O–H groups in total. The van der Waals surface area contributed by atoms with E-state index in [4.69, 9.17) is 4.42 Å². The molecule has 2 aromatic rings. The maximum absolute atomic E-state index is 13.2. The van der Waals surface area contributed by atoms with E-state index in [1.54, 1.807) is 12.1 Å². The number of aromatic nitrogens is 2. The largest absolute Gasteiger partial charge is 0.459 e. The predicted octanol–water partition coefficient (Wildman–Crippen LogP) is 1.93. The molecule has 1 saturated carbocycles. The second kappa shape index (κ2) is 5.95. The molecular formula is C19H23N5O3. The number of hydrogen-bond donors (Lipinski definition) is 2. The number of rotatable bonds is 3. The first-order valence-electron chi connectivity index (χ1n) is 9.51. The van der Waals surface area contributed by atoms with Crippen molar-refractivity contribution in [3.63, 3.8) is 0 Å². The van der Waals surface area contributed by atoms with Crippen molar-refractivity contribution in [1.29, 1.82) is 0 Å². The minimum atomic E-state index is -0.334. The van der Waals surface area contributed by atoms with Gasteiger partial charge in [-0.15, -0.1) is 0 Å². The number of furan rings is 1. The molecular weight excluding hydrogens is 346 g/mol. The lowest BCUT2D eigenvalue weighted by Crippen LogP contribution is -2.43. The van der Waals surface area contributed by atoms with Gasteiger partial charge in [-0.3, -0.25) is 14.7 Å². The second-order valence-electron chi connectivity index (χ2n) is 7.89. The highest BCUT2D eigenvalue weighted by atomic mass is 16.3. The lowest BCUT2D eigenvalue weighted by atomic mass is 9.95. The molecule has 0 atom stereocenters. The highest BCUT2D eigenvalue weighted by Gasteiger charge is 2.59. The van der Waals surface area contributed by atoms with Crippen LogP contribution in [0.15, 0.2) is 22.8 Å². The van der Waals surface area contributed by atoms with Gasteiger partial charge in [0.25, 0.3) is 5.91 Å². The lowest BCUT2D eigenvalue weighted by molar-refractivity contribution is -0.140. The van der Waals surface area contributed by atoms with E-state index in [0.29, 0.717) is 12.4 Å². The Morgan fingerprint density at radius 3 is 2.78 bits per heavy atom. The minimum absolute atomic E-state index is 0.0943. The number of anilines is 1. The van der Waals surface area contributed by atoms with Crippen LogP contribution in [0.4, 0.5) is 5.82 Å². The molecule has 8 nitrogen and oxygen atoms in total. The van der Waals surface area contributed by atoms with Crippen molar-refractivity contribution in [3.05, 3.63) is 35.4 Å². The summed E-state index contributed by atoms with van der Waals surface area (Å²) in [7, 11) is 2.10.